The molecular formula is C23H25FN4O2. The molecule has 0 aliphatic carbocycles. The summed E-state index contributed by atoms with van der Waals surface area (Å²) in [5, 5.41) is 6.51. The molecule has 0 fully saturated rings. The van der Waals surface area contributed by atoms with Crippen LogP contribution in [0.2, 0.25) is 0 Å². The lowest BCUT2D eigenvalue weighted by molar-refractivity contribution is 0.414. The van der Waals surface area contributed by atoms with Crippen LogP contribution in [-0.2, 0) is 13.1 Å². The number of rotatable bonds is 8. The van der Waals surface area contributed by atoms with Crippen molar-refractivity contribution in [1.82, 2.24) is 15.6 Å². The number of pyridine rings is 1. The second-order valence-electron chi connectivity index (χ2n) is 6.43. The van der Waals surface area contributed by atoms with Crippen molar-refractivity contribution in [3.63, 3.8) is 0 Å². The summed E-state index contributed by atoms with van der Waals surface area (Å²) in [4.78, 5) is 8.91. The highest BCUT2D eigenvalue weighted by molar-refractivity contribution is 5.79. The van der Waals surface area contributed by atoms with Gasteiger partial charge in [-0.2, -0.15) is 0 Å². The Morgan fingerprint density at radius 3 is 2.67 bits per heavy atom. The molecule has 0 aliphatic heterocycles. The molecule has 0 amide bonds. The third-order valence-corrected chi connectivity index (χ3v) is 4.20. The summed E-state index contributed by atoms with van der Waals surface area (Å²) in [6.07, 6.45) is 1.64. The summed E-state index contributed by atoms with van der Waals surface area (Å²) in [6.45, 7) is 3.68. The van der Waals surface area contributed by atoms with Gasteiger partial charge in [0.05, 0.1) is 13.7 Å². The summed E-state index contributed by atoms with van der Waals surface area (Å²) in [5.74, 6) is 1.92. The van der Waals surface area contributed by atoms with Gasteiger partial charge >= 0.3 is 0 Å². The van der Waals surface area contributed by atoms with Crippen LogP contribution < -0.4 is 20.1 Å². The van der Waals surface area contributed by atoms with Crippen LogP contribution in [0.25, 0.3) is 0 Å². The molecule has 0 unspecified atom stereocenters. The predicted molar refractivity (Wildman–Crippen MR) is 115 cm³/mol. The topological polar surface area (TPSA) is 67.8 Å². The van der Waals surface area contributed by atoms with Gasteiger partial charge in [-0.15, -0.1) is 0 Å². The lowest BCUT2D eigenvalue weighted by Gasteiger charge is -2.14. The second kappa shape index (κ2) is 10.8. The number of guanidine groups is 1. The van der Waals surface area contributed by atoms with Gasteiger partial charge in [0.1, 0.15) is 17.3 Å². The SMILES string of the molecule is CCNC(=NCc1cccc(OC)c1)NCc1cccnc1Oc1cccc(F)c1. The normalized spacial score (nSPS) is 11.1. The molecule has 7 heteroatoms. The number of nitrogens with zero attached hydrogens (tertiary/aromatic N) is 2. The molecule has 3 aromatic rings. The number of aliphatic imine (C=N–C) groups is 1. The molecule has 2 aromatic carbocycles. The number of ether oxygens (including phenoxy) is 2. The molecule has 0 atom stereocenters. The highest BCUT2D eigenvalue weighted by Crippen LogP contribution is 2.23. The van der Waals surface area contributed by atoms with Crippen LogP contribution in [0.5, 0.6) is 17.4 Å². The molecule has 0 aliphatic rings. The van der Waals surface area contributed by atoms with E-state index in [1.165, 1.54) is 12.1 Å². The summed E-state index contributed by atoms with van der Waals surface area (Å²) in [5.41, 5.74) is 1.87. The van der Waals surface area contributed by atoms with Gasteiger partial charge in [0.2, 0.25) is 5.88 Å². The van der Waals surface area contributed by atoms with Crippen LogP contribution in [0.1, 0.15) is 18.1 Å². The molecule has 1 aromatic heterocycles. The van der Waals surface area contributed by atoms with Crippen molar-refractivity contribution < 1.29 is 13.9 Å². The fourth-order valence-electron chi connectivity index (χ4n) is 2.75. The van der Waals surface area contributed by atoms with Gasteiger partial charge in [0, 0.05) is 30.9 Å². The Morgan fingerprint density at radius 1 is 1.03 bits per heavy atom. The van der Waals surface area contributed by atoms with Crippen LogP contribution in [0.4, 0.5) is 4.39 Å². The summed E-state index contributed by atoms with van der Waals surface area (Å²) < 4.78 is 24.5. The number of halogens is 1. The molecule has 30 heavy (non-hydrogen) atoms. The molecule has 3 rings (SSSR count). The van der Waals surface area contributed by atoms with E-state index in [4.69, 9.17) is 9.47 Å². The average molecular weight is 408 g/mol. The van der Waals surface area contributed by atoms with Crippen LogP contribution in [0.15, 0.2) is 71.9 Å². The Kier molecular flexibility index (Phi) is 7.60. The summed E-state index contributed by atoms with van der Waals surface area (Å²) in [7, 11) is 1.64. The van der Waals surface area contributed by atoms with Gasteiger partial charge in [-0.1, -0.05) is 24.3 Å². The quantitative estimate of drug-likeness (QED) is 0.430. The first-order valence-corrected chi connectivity index (χ1v) is 9.70. The molecular weight excluding hydrogens is 383 g/mol. The van der Waals surface area contributed by atoms with E-state index in [0.717, 1.165) is 23.4 Å². The van der Waals surface area contributed by atoms with Crippen molar-refractivity contribution >= 4 is 5.96 Å². The monoisotopic (exact) mass is 408 g/mol. The fourth-order valence-corrected chi connectivity index (χ4v) is 2.75. The molecule has 156 valence electrons. The van der Waals surface area contributed by atoms with Crippen LogP contribution >= 0.6 is 0 Å². The maximum Gasteiger partial charge on any atom is 0.224 e. The van der Waals surface area contributed by atoms with Gasteiger partial charge in [-0.25, -0.2) is 14.4 Å². The Morgan fingerprint density at radius 2 is 1.87 bits per heavy atom. The van der Waals surface area contributed by atoms with E-state index in [1.807, 2.05) is 43.3 Å². The number of benzene rings is 2. The summed E-state index contributed by atoms with van der Waals surface area (Å²) in [6, 6.07) is 17.5. The van der Waals surface area contributed by atoms with E-state index in [1.54, 1.807) is 25.4 Å². The smallest absolute Gasteiger partial charge is 0.224 e. The van der Waals surface area contributed by atoms with Crippen LogP contribution in [0, 0.1) is 5.82 Å². The maximum atomic E-state index is 13.4. The van der Waals surface area contributed by atoms with Gasteiger partial charge in [0.25, 0.3) is 0 Å². The molecule has 0 saturated carbocycles. The molecule has 0 radical (unpaired) electrons. The van der Waals surface area contributed by atoms with Gasteiger partial charge in [-0.05, 0) is 42.8 Å². The lowest BCUT2D eigenvalue weighted by Crippen LogP contribution is -2.36. The maximum absolute atomic E-state index is 13.4. The van der Waals surface area contributed by atoms with Gasteiger partial charge in [-0.3, -0.25) is 0 Å². The molecule has 2 N–H and O–H groups in total. The third-order valence-electron chi connectivity index (χ3n) is 4.20. The number of nitrogens with one attached hydrogen (secondary N) is 2. The van der Waals surface area contributed by atoms with Crippen molar-refractivity contribution in [1.29, 1.82) is 0 Å². The minimum Gasteiger partial charge on any atom is -0.497 e. The Bertz CT molecular complexity index is 994. The van der Waals surface area contributed by atoms with Crippen LogP contribution in [-0.4, -0.2) is 24.6 Å². The minimum absolute atomic E-state index is 0.359. The number of aromatic nitrogens is 1. The predicted octanol–water partition coefficient (Wildman–Crippen LogP) is 4.28. The van der Waals surface area contributed by atoms with E-state index in [9.17, 15) is 4.39 Å². The molecule has 0 saturated heterocycles. The third kappa shape index (κ3) is 6.20. The Labute approximate surface area is 175 Å². The van der Waals surface area contributed by atoms with Gasteiger partial charge < -0.3 is 20.1 Å². The van der Waals surface area contributed by atoms with E-state index < -0.39 is 0 Å². The average Bonchev–Trinajstić information content (AvgIpc) is 2.77. The number of hydrogen-bond acceptors (Lipinski definition) is 4. The van der Waals surface area contributed by atoms with Crippen LogP contribution in [0.3, 0.4) is 0 Å². The first kappa shape index (κ1) is 21.1. The van der Waals surface area contributed by atoms with E-state index >= 15 is 0 Å². The van der Waals surface area contributed by atoms with Crippen molar-refractivity contribution in [2.45, 2.75) is 20.0 Å². The molecule has 1 heterocycles. The molecule has 6 nitrogen and oxygen atoms in total. The fraction of sp³-hybridized carbons (Fsp3) is 0.217. The van der Waals surface area contributed by atoms with Crippen molar-refractivity contribution in [3.05, 3.63) is 83.8 Å². The molecule has 0 spiro atoms. The number of hydrogen-bond donors (Lipinski definition) is 2. The zero-order valence-electron chi connectivity index (χ0n) is 17.1. The van der Waals surface area contributed by atoms with E-state index in [0.29, 0.717) is 30.7 Å². The van der Waals surface area contributed by atoms with Gasteiger partial charge in [0.15, 0.2) is 5.96 Å². The summed E-state index contributed by atoms with van der Waals surface area (Å²) >= 11 is 0. The largest absolute Gasteiger partial charge is 0.497 e. The van der Waals surface area contributed by atoms with Crippen molar-refractivity contribution in [2.24, 2.45) is 4.99 Å². The van der Waals surface area contributed by atoms with E-state index in [-0.39, 0.29) is 5.82 Å². The highest BCUT2D eigenvalue weighted by atomic mass is 19.1. The first-order valence-electron chi connectivity index (χ1n) is 9.70. The van der Waals surface area contributed by atoms with Crippen molar-refractivity contribution in [3.8, 4) is 17.4 Å². The zero-order valence-corrected chi connectivity index (χ0v) is 17.1. The first-order chi connectivity index (χ1) is 14.7. The Balaban J connectivity index is 1.68. The minimum atomic E-state index is -0.359. The number of methoxy groups -OCH3 is 1. The lowest BCUT2D eigenvalue weighted by atomic mass is 10.2. The van der Waals surface area contributed by atoms with E-state index in [2.05, 4.69) is 20.6 Å². The highest BCUT2D eigenvalue weighted by Gasteiger charge is 2.08. The van der Waals surface area contributed by atoms with Crippen molar-refractivity contribution in [2.75, 3.05) is 13.7 Å². The Hall–Kier alpha value is -3.61. The zero-order chi connectivity index (χ0) is 21.2. The second-order valence-corrected chi connectivity index (χ2v) is 6.43. The molecule has 0 bridgehead atoms. The standard InChI is InChI=1S/C23H25FN4O2/c1-3-25-23(27-15-17-7-4-10-20(13-17)29-2)28-16-18-8-6-12-26-22(18)30-21-11-5-9-19(24)14-21/h4-14H,3,15-16H2,1-2H3,(H2,25,27,28).